The first kappa shape index (κ1) is 17.9. The van der Waals surface area contributed by atoms with Crippen molar-refractivity contribution in [1.82, 2.24) is 4.57 Å². The summed E-state index contributed by atoms with van der Waals surface area (Å²) in [5.74, 6) is 0.577. The summed E-state index contributed by atoms with van der Waals surface area (Å²) in [5.41, 5.74) is 0.798. The first-order chi connectivity index (χ1) is 10.4. The number of ether oxygens (including phenoxy) is 4. The summed E-state index contributed by atoms with van der Waals surface area (Å²) in [7, 11) is 0. The van der Waals surface area contributed by atoms with E-state index in [0.29, 0.717) is 12.5 Å². The lowest BCUT2D eigenvalue weighted by molar-refractivity contribution is 0.0914. The van der Waals surface area contributed by atoms with E-state index in [2.05, 4.69) is 0 Å². The average molecular weight is 313 g/mol. The minimum absolute atomic E-state index is 0.129. The Hall–Kier alpha value is -2.18. The van der Waals surface area contributed by atoms with Crippen molar-refractivity contribution in [2.75, 3.05) is 13.2 Å². The van der Waals surface area contributed by atoms with Crippen molar-refractivity contribution in [3.63, 3.8) is 0 Å². The Labute approximate surface area is 130 Å². The molecule has 7 heteroatoms. The van der Waals surface area contributed by atoms with Crippen molar-refractivity contribution >= 4 is 12.3 Å². The molecule has 0 unspecified atom stereocenters. The molecule has 1 aromatic rings. The monoisotopic (exact) mass is 313 g/mol. The van der Waals surface area contributed by atoms with Crippen LogP contribution in [0.4, 0.5) is 9.59 Å². The van der Waals surface area contributed by atoms with E-state index in [1.165, 1.54) is 0 Å². The van der Waals surface area contributed by atoms with Crippen LogP contribution in [0.1, 0.15) is 33.4 Å². The molecule has 124 valence electrons. The van der Waals surface area contributed by atoms with Gasteiger partial charge in [-0.1, -0.05) is 13.8 Å². The van der Waals surface area contributed by atoms with Gasteiger partial charge in [0.25, 0.3) is 5.88 Å². The van der Waals surface area contributed by atoms with Crippen LogP contribution < -0.4 is 9.47 Å². The van der Waals surface area contributed by atoms with Gasteiger partial charge in [-0.15, -0.1) is 0 Å². The Morgan fingerprint density at radius 3 is 2.14 bits per heavy atom. The zero-order valence-corrected chi connectivity index (χ0v) is 13.7. The smallest absolute Gasteiger partial charge is 0.434 e. The molecule has 0 aromatic carbocycles. The predicted molar refractivity (Wildman–Crippen MR) is 79.3 cm³/mol. The van der Waals surface area contributed by atoms with E-state index in [9.17, 15) is 9.59 Å². The third-order valence-electron chi connectivity index (χ3n) is 2.67. The van der Waals surface area contributed by atoms with Crippen molar-refractivity contribution < 1.29 is 28.5 Å². The zero-order valence-electron chi connectivity index (χ0n) is 13.7. The minimum Gasteiger partial charge on any atom is -0.434 e. The molecule has 0 amide bonds. The van der Waals surface area contributed by atoms with Crippen LogP contribution in [0.2, 0.25) is 0 Å². The van der Waals surface area contributed by atoms with Crippen LogP contribution in [0, 0.1) is 12.8 Å². The third-order valence-corrected chi connectivity index (χ3v) is 2.67. The van der Waals surface area contributed by atoms with Gasteiger partial charge in [-0.3, -0.25) is 0 Å². The number of hydrogen-bond donors (Lipinski definition) is 0. The van der Waals surface area contributed by atoms with Gasteiger partial charge in [0.1, 0.15) is 0 Å². The molecular weight excluding hydrogens is 290 g/mol. The lowest BCUT2D eigenvalue weighted by Gasteiger charge is -2.14. The quantitative estimate of drug-likeness (QED) is 0.748. The Morgan fingerprint density at radius 2 is 1.64 bits per heavy atom. The van der Waals surface area contributed by atoms with Crippen LogP contribution in [0.15, 0.2) is 6.07 Å². The highest BCUT2D eigenvalue weighted by Crippen LogP contribution is 2.33. The molecule has 0 radical (unpaired) electrons. The molecule has 0 saturated heterocycles. The van der Waals surface area contributed by atoms with Gasteiger partial charge in [0, 0.05) is 18.3 Å². The summed E-state index contributed by atoms with van der Waals surface area (Å²) >= 11 is 0. The largest absolute Gasteiger partial charge is 0.515 e. The van der Waals surface area contributed by atoms with Crippen LogP contribution >= 0.6 is 0 Å². The summed E-state index contributed by atoms with van der Waals surface area (Å²) in [4.78, 5) is 23.1. The molecule has 22 heavy (non-hydrogen) atoms. The Morgan fingerprint density at radius 1 is 1.09 bits per heavy atom. The van der Waals surface area contributed by atoms with Crippen LogP contribution in [0.3, 0.4) is 0 Å². The number of carbonyl (C=O) groups excluding carboxylic acids is 2. The zero-order chi connectivity index (χ0) is 16.7. The highest BCUT2D eigenvalue weighted by molar-refractivity contribution is 5.68. The summed E-state index contributed by atoms with van der Waals surface area (Å²) in [5, 5.41) is 0. The second kappa shape index (κ2) is 8.31. The Balaban J connectivity index is 3.08. The second-order valence-electron chi connectivity index (χ2n) is 5.03. The van der Waals surface area contributed by atoms with Gasteiger partial charge in [0.2, 0.25) is 0 Å². The number of nitrogens with zero attached hydrogens (tertiary/aromatic N) is 1. The molecule has 0 aliphatic carbocycles. The van der Waals surface area contributed by atoms with Gasteiger partial charge < -0.3 is 23.5 Å². The fourth-order valence-corrected chi connectivity index (χ4v) is 1.86. The van der Waals surface area contributed by atoms with E-state index in [-0.39, 0.29) is 24.8 Å². The first-order valence-corrected chi connectivity index (χ1v) is 7.28. The topological polar surface area (TPSA) is 76.0 Å². The molecule has 0 aliphatic heterocycles. The number of rotatable bonds is 6. The van der Waals surface area contributed by atoms with E-state index >= 15 is 0 Å². The predicted octanol–water partition coefficient (Wildman–Crippen LogP) is 3.52. The molecule has 0 spiro atoms. The van der Waals surface area contributed by atoms with E-state index in [4.69, 9.17) is 18.9 Å². The van der Waals surface area contributed by atoms with Crippen LogP contribution in [0.5, 0.6) is 11.6 Å². The molecule has 0 saturated carbocycles. The number of carbonyl (C=O) groups is 2. The molecule has 1 aromatic heterocycles. The molecule has 1 rings (SSSR count). The van der Waals surface area contributed by atoms with E-state index < -0.39 is 12.3 Å². The highest BCUT2D eigenvalue weighted by Gasteiger charge is 2.22. The fraction of sp³-hybridized carbons (Fsp3) is 0.600. The van der Waals surface area contributed by atoms with Crippen LogP contribution in [-0.4, -0.2) is 30.1 Å². The van der Waals surface area contributed by atoms with Crippen LogP contribution in [-0.2, 0) is 16.0 Å². The number of aromatic nitrogens is 1. The molecule has 0 atom stereocenters. The molecule has 7 nitrogen and oxygen atoms in total. The van der Waals surface area contributed by atoms with Gasteiger partial charge in [-0.05, 0) is 26.7 Å². The number of aryl methyl sites for hydroxylation is 1. The van der Waals surface area contributed by atoms with Crippen molar-refractivity contribution in [3.05, 3.63) is 11.8 Å². The minimum atomic E-state index is -0.849. The summed E-state index contributed by atoms with van der Waals surface area (Å²) in [6.45, 7) is 10.2. The van der Waals surface area contributed by atoms with Gasteiger partial charge in [-0.2, -0.15) is 0 Å². The normalized spacial score (nSPS) is 10.5. The van der Waals surface area contributed by atoms with E-state index in [1.54, 1.807) is 24.5 Å². The SMILES string of the molecule is CCOC(=O)Oc1cc(C)n(CC(C)C)c1OC(=O)OCC. The van der Waals surface area contributed by atoms with Crippen molar-refractivity contribution in [3.8, 4) is 11.6 Å². The van der Waals surface area contributed by atoms with Gasteiger partial charge in [0.05, 0.1) is 13.2 Å². The lowest BCUT2D eigenvalue weighted by Crippen LogP contribution is -2.17. The first-order valence-electron chi connectivity index (χ1n) is 7.28. The number of hydrogen-bond acceptors (Lipinski definition) is 6. The van der Waals surface area contributed by atoms with Crippen LogP contribution in [0.25, 0.3) is 0 Å². The molecule has 0 aliphatic rings. The van der Waals surface area contributed by atoms with E-state index in [1.807, 2.05) is 20.8 Å². The van der Waals surface area contributed by atoms with Gasteiger partial charge in [-0.25, -0.2) is 9.59 Å². The van der Waals surface area contributed by atoms with Crippen molar-refractivity contribution in [1.29, 1.82) is 0 Å². The third kappa shape index (κ3) is 4.98. The summed E-state index contributed by atoms with van der Waals surface area (Å²) in [6.07, 6.45) is -1.70. The summed E-state index contributed by atoms with van der Waals surface area (Å²) in [6, 6.07) is 1.62. The Kier molecular flexibility index (Phi) is 6.75. The standard InChI is InChI=1S/C15H23NO6/c1-6-19-14(17)21-12-8-11(5)16(9-10(3)4)13(12)22-15(18)20-7-2/h8,10H,6-7,9H2,1-5H3. The molecular formula is C15H23NO6. The molecule has 0 fully saturated rings. The molecule has 1 heterocycles. The van der Waals surface area contributed by atoms with Crippen molar-refractivity contribution in [2.24, 2.45) is 5.92 Å². The van der Waals surface area contributed by atoms with Gasteiger partial charge in [0.15, 0.2) is 5.75 Å². The van der Waals surface area contributed by atoms with Gasteiger partial charge >= 0.3 is 12.3 Å². The fourth-order valence-electron chi connectivity index (χ4n) is 1.86. The molecule has 0 bridgehead atoms. The maximum absolute atomic E-state index is 11.6. The Bertz CT molecular complexity index is 520. The second-order valence-corrected chi connectivity index (χ2v) is 5.03. The summed E-state index contributed by atoms with van der Waals surface area (Å²) < 4.78 is 21.6. The maximum atomic E-state index is 11.6. The lowest BCUT2D eigenvalue weighted by atomic mass is 10.2. The highest BCUT2D eigenvalue weighted by atomic mass is 16.7. The average Bonchev–Trinajstić information content (AvgIpc) is 2.67. The maximum Gasteiger partial charge on any atom is 0.515 e. The van der Waals surface area contributed by atoms with E-state index in [0.717, 1.165) is 5.69 Å². The molecule has 0 N–H and O–H groups in total. The van der Waals surface area contributed by atoms with Crippen molar-refractivity contribution in [2.45, 2.75) is 41.2 Å².